The van der Waals surface area contributed by atoms with Gasteiger partial charge in [0.05, 0.1) is 25.9 Å². The lowest BCUT2D eigenvalue weighted by molar-refractivity contribution is -0.178. The maximum atomic E-state index is 11.8. The van der Waals surface area contributed by atoms with Gasteiger partial charge in [-0.2, -0.15) is 8.42 Å². The molecule has 0 amide bonds. The highest BCUT2D eigenvalue weighted by Gasteiger charge is 2.52. The molecule has 0 aromatic rings. The molecule has 9 heteroatoms. The molecule has 2 heterocycles. The quantitative estimate of drug-likeness (QED) is 0.492. The first-order chi connectivity index (χ1) is 9.31. The van der Waals surface area contributed by atoms with Gasteiger partial charge in [-0.15, -0.1) is 0 Å². The minimum absolute atomic E-state index is 0.0177. The fourth-order valence-electron chi connectivity index (χ4n) is 2.31. The van der Waals surface area contributed by atoms with E-state index in [1.165, 1.54) is 0 Å². The highest BCUT2D eigenvalue weighted by Crippen LogP contribution is 2.33. The second-order valence-electron chi connectivity index (χ2n) is 4.65. The molecule has 2 aliphatic rings. The zero-order chi connectivity index (χ0) is 14.9. The number of rotatable bonds is 4. The maximum Gasteiger partial charge on any atom is 0.314 e. The highest BCUT2D eigenvalue weighted by atomic mass is 32.2. The van der Waals surface area contributed by atoms with Crippen LogP contribution in [0.2, 0.25) is 0 Å². The Morgan fingerprint density at radius 1 is 1.45 bits per heavy atom. The van der Waals surface area contributed by atoms with E-state index in [1.807, 2.05) is 0 Å². The predicted molar refractivity (Wildman–Crippen MR) is 64.1 cm³/mol. The van der Waals surface area contributed by atoms with Crippen molar-refractivity contribution in [2.75, 3.05) is 19.5 Å². The van der Waals surface area contributed by atoms with Crippen LogP contribution in [0.5, 0.6) is 0 Å². The van der Waals surface area contributed by atoms with E-state index in [1.54, 1.807) is 6.92 Å². The molecule has 0 radical (unpaired) electrons. The van der Waals surface area contributed by atoms with Crippen molar-refractivity contribution in [3.05, 3.63) is 0 Å². The molecular weight excluding hydrogens is 292 g/mol. The molecule has 0 aliphatic carbocycles. The van der Waals surface area contributed by atoms with Gasteiger partial charge in [-0.25, -0.2) is 0 Å². The van der Waals surface area contributed by atoms with E-state index in [2.05, 4.69) is 0 Å². The molecular formula is C11H16O8S. The van der Waals surface area contributed by atoms with Crippen LogP contribution in [-0.2, 0) is 38.1 Å². The van der Waals surface area contributed by atoms with Gasteiger partial charge in [0.25, 0.3) is 10.1 Å². The second-order valence-corrected chi connectivity index (χ2v) is 6.25. The van der Waals surface area contributed by atoms with Crippen LogP contribution in [0.3, 0.4) is 0 Å². The van der Waals surface area contributed by atoms with Crippen molar-refractivity contribution >= 4 is 22.1 Å². The smallest absolute Gasteiger partial charge is 0.314 e. The van der Waals surface area contributed by atoms with Crippen LogP contribution in [0.25, 0.3) is 0 Å². The average Bonchev–Trinajstić information content (AvgIpc) is 2.69. The molecule has 0 spiro atoms. The summed E-state index contributed by atoms with van der Waals surface area (Å²) in [5.74, 6) is -2.09. The topological polar surface area (TPSA) is 105 Å². The van der Waals surface area contributed by atoms with Gasteiger partial charge in [0.15, 0.2) is 6.10 Å². The molecule has 2 rings (SSSR count). The molecule has 114 valence electrons. The fourth-order valence-corrected chi connectivity index (χ4v) is 2.96. The number of esters is 2. The molecule has 8 nitrogen and oxygen atoms in total. The summed E-state index contributed by atoms with van der Waals surface area (Å²) in [4.78, 5) is 23.1. The van der Waals surface area contributed by atoms with E-state index in [-0.39, 0.29) is 19.6 Å². The zero-order valence-corrected chi connectivity index (χ0v) is 11.9. The lowest BCUT2D eigenvalue weighted by Crippen LogP contribution is -2.53. The Morgan fingerprint density at radius 2 is 2.15 bits per heavy atom. The van der Waals surface area contributed by atoms with E-state index in [0.29, 0.717) is 0 Å². The van der Waals surface area contributed by atoms with Crippen LogP contribution in [-0.4, -0.2) is 58.1 Å². The maximum absolute atomic E-state index is 11.8. The summed E-state index contributed by atoms with van der Waals surface area (Å²) in [6, 6.07) is 0. The zero-order valence-electron chi connectivity index (χ0n) is 11.1. The fraction of sp³-hybridized carbons (Fsp3) is 0.818. The van der Waals surface area contributed by atoms with Crippen LogP contribution < -0.4 is 0 Å². The van der Waals surface area contributed by atoms with Crippen molar-refractivity contribution in [1.29, 1.82) is 0 Å². The van der Waals surface area contributed by atoms with Crippen molar-refractivity contribution in [2.45, 2.75) is 31.7 Å². The van der Waals surface area contributed by atoms with E-state index >= 15 is 0 Å². The summed E-state index contributed by atoms with van der Waals surface area (Å²) in [7, 11) is -3.82. The Hall–Kier alpha value is -1.19. The molecule has 0 aromatic carbocycles. The number of carbonyl (C=O) groups excluding carboxylic acids is 2. The summed E-state index contributed by atoms with van der Waals surface area (Å²) in [6.45, 7) is 1.71. The SMILES string of the molecule is CCOC(=O)[C@H]1CO[C@@H]2CC(=O)O[C@@H]2[C@@H]1OS(C)(=O)=O. The summed E-state index contributed by atoms with van der Waals surface area (Å²) < 4.78 is 42.9. The molecule has 2 fully saturated rings. The summed E-state index contributed by atoms with van der Waals surface area (Å²) in [5.41, 5.74) is 0. The van der Waals surface area contributed by atoms with Crippen molar-refractivity contribution in [3.63, 3.8) is 0 Å². The molecule has 0 N–H and O–H groups in total. The van der Waals surface area contributed by atoms with Gasteiger partial charge >= 0.3 is 11.9 Å². The van der Waals surface area contributed by atoms with Gasteiger partial charge in [-0.05, 0) is 6.92 Å². The molecule has 0 unspecified atom stereocenters. The van der Waals surface area contributed by atoms with Crippen LogP contribution in [0.15, 0.2) is 0 Å². The van der Waals surface area contributed by atoms with E-state index in [9.17, 15) is 18.0 Å². The molecule has 0 saturated carbocycles. The molecule has 0 aromatic heterocycles. The van der Waals surface area contributed by atoms with Crippen LogP contribution in [0, 0.1) is 5.92 Å². The number of fused-ring (bicyclic) bond motifs is 1. The normalized spacial score (nSPS) is 33.4. The Kier molecular flexibility index (Phi) is 4.31. The summed E-state index contributed by atoms with van der Waals surface area (Å²) in [5, 5.41) is 0. The Morgan fingerprint density at radius 3 is 2.75 bits per heavy atom. The summed E-state index contributed by atoms with van der Waals surface area (Å²) in [6.07, 6.45) is -1.74. The van der Waals surface area contributed by atoms with Crippen molar-refractivity contribution < 1.29 is 36.4 Å². The van der Waals surface area contributed by atoms with Crippen molar-refractivity contribution in [2.24, 2.45) is 5.92 Å². The molecule has 2 saturated heterocycles. The molecule has 2 aliphatic heterocycles. The monoisotopic (exact) mass is 308 g/mol. The third kappa shape index (κ3) is 3.28. The first-order valence-electron chi connectivity index (χ1n) is 6.18. The lowest BCUT2D eigenvalue weighted by Gasteiger charge is -2.35. The predicted octanol–water partition coefficient (Wildman–Crippen LogP) is -0.775. The van der Waals surface area contributed by atoms with Gasteiger partial charge in [-0.3, -0.25) is 13.8 Å². The average molecular weight is 308 g/mol. The number of carbonyl (C=O) groups is 2. The van der Waals surface area contributed by atoms with Gasteiger partial charge in [0, 0.05) is 0 Å². The Balaban J connectivity index is 2.23. The van der Waals surface area contributed by atoms with Crippen LogP contribution >= 0.6 is 0 Å². The Bertz CT molecular complexity index is 499. The Labute approximate surface area is 116 Å². The third-order valence-electron chi connectivity index (χ3n) is 3.09. The third-order valence-corrected chi connectivity index (χ3v) is 3.66. The van der Waals surface area contributed by atoms with Gasteiger partial charge in [0.2, 0.25) is 0 Å². The number of hydrogen-bond acceptors (Lipinski definition) is 8. The standard InChI is InChI=1S/C11H16O8S/c1-3-16-11(13)6-5-17-7-4-8(12)18-10(7)9(6)19-20(2,14)15/h6-7,9-10H,3-5H2,1-2H3/t6-,7+,9+,10-/m0/s1. The van der Waals surface area contributed by atoms with E-state index in [4.69, 9.17) is 18.4 Å². The lowest BCUT2D eigenvalue weighted by atomic mass is 9.92. The van der Waals surface area contributed by atoms with Gasteiger partial charge < -0.3 is 14.2 Å². The van der Waals surface area contributed by atoms with Crippen molar-refractivity contribution in [3.8, 4) is 0 Å². The minimum Gasteiger partial charge on any atom is -0.466 e. The van der Waals surface area contributed by atoms with E-state index < -0.39 is 46.3 Å². The number of ether oxygens (including phenoxy) is 3. The molecule has 4 atom stereocenters. The van der Waals surface area contributed by atoms with E-state index in [0.717, 1.165) is 6.26 Å². The number of hydrogen-bond donors (Lipinski definition) is 0. The first kappa shape index (κ1) is 15.2. The van der Waals surface area contributed by atoms with Gasteiger partial charge in [-0.1, -0.05) is 0 Å². The van der Waals surface area contributed by atoms with Crippen molar-refractivity contribution in [1.82, 2.24) is 0 Å². The summed E-state index contributed by atoms with van der Waals surface area (Å²) >= 11 is 0. The molecule has 0 bridgehead atoms. The largest absolute Gasteiger partial charge is 0.466 e. The van der Waals surface area contributed by atoms with Gasteiger partial charge in [0.1, 0.15) is 18.1 Å². The van der Waals surface area contributed by atoms with Crippen LogP contribution in [0.4, 0.5) is 0 Å². The first-order valence-corrected chi connectivity index (χ1v) is 7.99. The highest BCUT2D eigenvalue weighted by molar-refractivity contribution is 7.86. The van der Waals surface area contributed by atoms with Crippen LogP contribution in [0.1, 0.15) is 13.3 Å². The second kappa shape index (κ2) is 5.66. The molecule has 20 heavy (non-hydrogen) atoms. The minimum atomic E-state index is -3.82.